The molecule has 3 aromatic heterocycles. The summed E-state index contributed by atoms with van der Waals surface area (Å²) in [6, 6.07) is 8.40. The van der Waals surface area contributed by atoms with Gasteiger partial charge in [-0.15, -0.1) is 0 Å². The van der Waals surface area contributed by atoms with Crippen molar-refractivity contribution in [1.82, 2.24) is 24.4 Å². The summed E-state index contributed by atoms with van der Waals surface area (Å²) in [4.78, 5) is 24.6. The molecule has 6 heterocycles. The molecular formula is C30H39N7O3. The van der Waals surface area contributed by atoms with Crippen LogP contribution < -0.4 is 9.64 Å². The molecule has 3 aliphatic rings. The van der Waals surface area contributed by atoms with Gasteiger partial charge in [-0.1, -0.05) is 13.8 Å². The number of fused-ring (bicyclic) bond motifs is 3. The van der Waals surface area contributed by atoms with Gasteiger partial charge in [0.1, 0.15) is 24.2 Å². The number of anilines is 1. The number of rotatable bonds is 9. The highest BCUT2D eigenvalue weighted by Gasteiger charge is 2.49. The van der Waals surface area contributed by atoms with Gasteiger partial charge in [-0.05, 0) is 64.9 Å². The van der Waals surface area contributed by atoms with Gasteiger partial charge in [-0.2, -0.15) is 10.4 Å². The lowest BCUT2D eigenvalue weighted by Crippen LogP contribution is -2.72. The average molecular weight is 546 g/mol. The molecular weight excluding hydrogens is 506 g/mol. The molecule has 6 rings (SSSR count). The van der Waals surface area contributed by atoms with E-state index in [0.717, 1.165) is 42.9 Å². The van der Waals surface area contributed by atoms with E-state index < -0.39 is 5.60 Å². The number of likely N-dealkylation sites (N-methyl/N-ethyl adjacent to an activating group) is 1. The van der Waals surface area contributed by atoms with E-state index in [1.165, 1.54) is 6.20 Å². The van der Waals surface area contributed by atoms with Gasteiger partial charge in [-0.25, -0.2) is 9.50 Å². The molecule has 3 atom stereocenters. The average Bonchev–Trinajstić information content (AvgIpc) is 3.32. The lowest BCUT2D eigenvalue weighted by Gasteiger charge is -2.57. The quantitative estimate of drug-likeness (QED) is 0.437. The number of piperidine rings is 1. The first-order valence-corrected chi connectivity index (χ1v) is 13.9. The molecule has 1 N–H and O–H groups in total. The second kappa shape index (κ2) is 10.7. The van der Waals surface area contributed by atoms with Gasteiger partial charge in [0.2, 0.25) is 5.91 Å². The monoisotopic (exact) mass is 545 g/mol. The predicted molar refractivity (Wildman–Crippen MR) is 153 cm³/mol. The van der Waals surface area contributed by atoms with Crippen molar-refractivity contribution in [3.63, 3.8) is 0 Å². The van der Waals surface area contributed by atoms with Crippen molar-refractivity contribution in [2.75, 3.05) is 38.7 Å². The maximum absolute atomic E-state index is 13.4. The molecule has 3 fully saturated rings. The SMILES string of the molecule is CC(C)CC(C(=O)N1C2CC1CN(c1ccc(-c3cc(OCC(C)(C)O)cn4ncc(C#N)c34)cn1)C2)N(C)C. The minimum Gasteiger partial charge on any atom is -0.489 e. The molecule has 212 valence electrons. The lowest BCUT2D eigenvalue weighted by atomic mass is 9.85. The van der Waals surface area contributed by atoms with E-state index in [9.17, 15) is 15.2 Å². The molecule has 0 spiro atoms. The Kier molecular flexibility index (Phi) is 7.46. The highest BCUT2D eigenvalue weighted by molar-refractivity contribution is 5.85. The van der Waals surface area contributed by atoms with Crippen LogP contribution >= 0.6 is 0 Å². The molecule has 10 heteroatoms. The van der Waals surface area contributed by atoms with Gasteiger partial charge in [0.15, 0.2) is 0 Å². The number of hydrogen-bond donors (Lipinski definition) is 1. The van der Waals surface area contributed by atoms with Crippen LogP contribution in [0.25, 0.3) is 16.6 Å². The Hall–Kier alpha value is -3.68. The number of aliphatic hydroxyl groups is 1. The van der Waals surface area contributed by atoms with Crippen LogP contribution in [0.15, 0.2) is 36.8 Å². The van der Waals surface area contributed by atoms with Crippen LogP contribution in [0.4, 0.5) is 5.82 Å². The first kappa shape index (κ1) is 27.9. The Bertz CT molecular complexity index is 1410. The van der Waals surface area contributed by atoms with Crippen LogP contribution in [0.2, 0.25) is 0 Å². The number of pyridine rings is 2. The predicted octanol–water partition coefficient (Wildman–Crippen LogP) is 3.18. The summed E-state index contributed by atoms with van der Waals surface area (Å²) in [6.07, 6.45) is 6.95. The minimum atomic E-state index is -0.989. The molecule has 1 amide bonds. The molecule has 0 aliphatic carbocycles. The van der Waals surface area contributed by atoms with Gasteiger partial charge in [0.25, 0.3) is 0 Å². The second-order valence-corrected chi connectivity index (χ2v) is 12.4. The van der Waals surface area contributed by atoms with Crippen molar-refractivity contribution >= 4 is 17.2 Å². The molecule has 40 heavy (non-hydrogen) atoms. The van der Waals surface area contributed by atoms with Crippen LogP contribution in [0.1, 0.15) is 46.1 Å². The molecule has 3 unspecified atom stereocenters. The van der Waals surface area contributed by atoms with E-state index in [1.54, 1.807) is 24.6 Å². The van der Waals surface area contributed by atoms with Crippen LogP contribution in [-0.2, 0) is 4.79 Å². The first-order chi connectivity index (χ1) is 18.9. The third kappa shape index (κ3) is 5.49. The van der Waals surface area contributed by atoms with Crippen molar-refractivity contribution in [3.8, 4) is 22.9 Å². The first-order valence-electron chi connectivity index (χ1n) is 13.9. The van der Waals surface area contributed by atoms with E-state index in [1.807, 2.05) is 43.4 Å². The van der Waals surface area contributed by atoms with E-state index in [-0.39, 0.29) is 30.6 Å². The lowest BCUT2D eigenvalue weighted by molar-refractivity contribution is -0.152. The zero-order chi connectivity index (χ0) is 28.8. The summed E-state index contributed by atoms with van der Waals surface area (Å²) in [5.74, 6) is 2.11. The second-order valence-electron chi connectivity index (χ2n) is 12.4. The van der Waals surface area contributed by atoms with E-state index >= 15 is 0 Å². The van der Waals surface area contributed by atoms with Gasteiger partial charge in [0, 0.05) is 30.4 Å². The maximum Gasteiger partial charge on any atom is 0.240 e. The van der Waals surface area contributed by atoms with Crippen molar-refractivity contribution in [2.45, 2.75) is 64.3 Å². The zero-order valence-corrected chi connectivity index (χ0v) is 24.2. The highest BCUT2D eigenvalue weighted by Crippen LogP contribution is 2.37. The number of aromatic nitrogens is 3. The number of hydrogen-bond acceptors (Lipinski definition) is 8. The molecule has 0 radical (unpaired) electrons. The smallest absolute Gasteiger partial charge is 0.240 e. The Morgan fingerprint density at radius 2 is 1.98 bits per heavy atom. The Labute approximate surface area is 235 Å². The Morgan fingerprint density at radius 1 is 1.25 bits per heavy atom. The molecule has 2 bridgehead atoms. The third-order valence-corrected chi connectivity index (χ3v) is 7.73. The van der Waals surface area contributed by atoms with Gasteiger partial charge >= 0.3 is 0 Å². The van der Waals surface area contributed by atoms with Crippen LogP contribution in [-0.4, -0.2) is 92.9 Å². The van der Waals surface area contributed by atoms with Crippen LogP contribution in [0.3, 0.4) is 0 Å². The molecule has 10 nitrogen and oxygen atoms in total. The van der Waals surface area contributed by atoms with E-state index in [4.69, 9.17) is 9.72 Å². The largest absolute Gasteiger partial charge is 0.489 e. The normalized spacial score (nSPS) is 19.6. The Morgan fingerprint density at radius 3 is 2.55 bits per heavy atom. The number of piperazine rings is 1. The fourth-order valence-corrected chi connectivity index (χ4v) is 5.78. The molecule has 3 aromatic rings. The molecule has 3 aliphatic heterocycles. The number of nitrogens with zero attached hydrogens (tertiary/aromatic N) is 7. The topological polar surface area (TPSA) is 110 Å². The van der Waals surface area contributed by atoms with Crippen molar-refractivity contribution < 1.29 is 14.6 Å². The van der Waals surface area contributed by atoms with Crippen molar-refractivity contribution in [1.29, 1.82) is 5.26 Å². The van der Waals surface area contributed by atoms with Gasteiger partial charge < -0.3 is 19.6 Å². The van der Waals surface area contributed by atoms with Gasteiger partial charge in [-0.3, -0.25) is 9.69 Å². The van der Waals surface area contributed by atoms with E-state index in [0.29, 0.717) is 22.7 Å². The third-order valence-electron chi connectivity index (χ3n) is 7.73. The molecule has 3 saturated heterocycles. The van der Waals surface area contributed by atoms with Crippen LogP contribution in [0, 0.1) is 17.2 Å². The summed E-state index contributed by atoms with van der Waals surface area (Å²) >= 11 is 0. The highest BCUT2D eigenvalue weighted by atomic mass is 16.5. The fraction of sp³-hybridized carbons (Fsp3) is 0.533. The summed E-state index contributed by atoms with van der Waals surface area (Å²) in [5, 5.41) is 24.1. The number of carbonyl (C=O) groups is 1. The van der Waals surface area contributed by atoms with Crippen molar-refractivity contribution in [3.05, 3.63) is 42.4 Å². The van der Waals surface area contributed by atoms with Gasteiger partial charge in [0.05, 0.1) is 47.2 Å². The summed E-state index contributed by atoms with van der Waals surface area (Å²) < 4.78 is 7.47. The minimum absolute atomic E-state index is 0.0869. The van der Waals surface area contributed by atoms with E-state index in [2.05, 4.69) is 34.8 Å². The Balaban J connectivity index is 1.35. The maximum atomic E-state index is 13.4. The summed E-state index contributed by atoms with van der Waals surface area (Å²) in [6.45, 7) is 9.34. The number of nitriles is 1. The number of carbonyl (C=O) groups excluding carboxylic acids is 1. The van der Waals surface area contributed by atoms with Crippen molar-refractivity contribution in [2.24, 2.45) is 5.92 Å². The van der Waals surface area contributed by atoms with Crippen LogP contribution in [0.5, 0.6) is 5.75 Å². The fourth-order valence-electron chi connectivity index (χ4n) is 5.78. The summed E-state index contributed by atoms with van der Waals surface area (Å²) in [5.41, 5.74) is 1.76. The number of ether oxygens (including phenoxy) is 1. The zero-order valence-electron chi connectivity index (χ0n) is 24.2. The molecule has 0 aromatic carbocycles. The molecule has 0 saturated carbocycles. The number of amides is 1. The summed E-state index contributed by atoms with van der Waals surface area (Å²) in [7, 11) is 3.98. The standard InChI is InChI=1S/C30H39N7O3/c1-19(2)9-26(34(5)6)29(38)37-22-10-23(37)16-35(15-22)27-8-7-20(13-32-27)25-11-24(40-18-30(3,4)39)17-36-28(25)21(12-31)14-33-36/h7-8,11,13-14,17,19,22-23,26,39H,9-10,15-16,18H2,1-6H3.